The van der Waals surface area contributed by atoms with Crippen LogP contribution in [0.3, 0.4) is 0 Å². The molecule has 19 heavy (non-hydrogen) atoms. The largest absolute Gasteiger partial charge is 0.385 e. The molecule has 1 fully saturated rings. The Bertz CT molecular complexity index is 446. The minimum atomic E-state index is -0.173. The first-order valence-electron chi connectivity index (χ1n) is 6.46. The molecule has 1 aromatic rings. The van der Waals surface area contributed by atoms with Crippen LogP contribution in [-0.4, -0.2) is 43.2 Å². The van der Waals surface area contributed by atoms with Crippen LogP contribution in [0.15, 0.2) is 12.4 Å². The van der Waals surface area contributed by atoms with Crippen LogP contribution in [0.1, 0.15) is 29.8 Å². The molecule has 1 aliphatic rings. The van der Waals surface area contributed by atoms with Crippen LogP contribution in [0.4, 0.5) is 5.82 Å². The minimum absolute atomic E-state index is 0.173. The highest BCUT2D eigenvalue weighted by molar-refractivity contribution is 5.92. The average molecular weight is 264 g/mol. The molecule has 0 aliphatic heterocycles. The summed E-state index contributed by atoms with van der Waals surface area (Å²) in [7, 11) is 3.45. The van der Waals surface area contributed by atoms with Crippen LogP contribution in [0.5, 0.6) is 0 Å². The van der Waals surface area contributed by atoms with Crippen molar-refractivity contribution in [2.24, 2.45) is 5.41 Å². The van der Waals surface area contributed by atoms with Gasteiger partial charge in [0.05, 0.1) is 12.4 Å². The van der Waals surface area contributed by atoms with Crippen molar-refractivity contribution in [2.75, 3.05) is 32.6 Å². The molecule has 2 N–H and O–H groups in total. The van der Waals surface area contributed by atoms with Crippen LogP contribution in [0.25, 0.3) is 0 Å². The minimum Gasteiger partial charge on any atom is -0.385 e. The summed E-state index contributed by atoms with van der Waals surface area (Å²) in [5.41, 5.74) is 0.578. The van der Waals surface area contributed by atoms with E-state index in [4.69, 9.17) is 4.74 Å². The molecular weight excluding hydrogens is 244 g/mol. The molecule has 1 saturated carbocycles. The Morgan fingerprint density at radius 2 is 2.26 bits per heavy atom. The zero-order valence-electron chi connectivity index (χ0n) is 11.4. The molecule has 0 aromatic carbocycles. The van der Waals surface area contributed by atoms with E-state index >= 15 is 0 Å². The van der Waals surface area contributed by atoms with Gasteiger partial charge in [-0.25, -0.2) is 4.98 Å². The summed E-state index contributed by atoms with van der Waals surface area (Å²) in [6.07, 6.45) is 6.35. The Kier molecular flexibility index (Phi) is 4.31. The van der Waals surface area contributed by atoms with E-state index in [1.165, 1.54) is 6.20 Å². The van der Waals surface area contributed by atoms with E-state index in [2.05, 4.69) is 20.6 Å². The normalized spacial score (nSPS) is 15.9. The first-order valence-corrected chi connectivity index (χ1v) is 6.46. The number of nitrogens with one attached hydrogen (secondary N) is 2. The Morgan fingerprint density at radius 1 is 1.47 bits per heavy atom. The van der Waals surface area contributed by atoms with Crippen LogP contribution in [0, 0.1) is 5.41 Å². The fourth-order valence-corrected chi connectivity index (χ4v) is 1.96. The quantitative estimate of drug-likeness (QED) is 0.770. The Hall–Kier alpha value is -1.69. The van der Waals surface area contributed by atoms with Crippen LogP contribution in [-0.2, 0) is 4.74 Å². The van der Waals surface area contributed by atoms with E-state index in [9.17, 15) is 4.79 Å². The summed E-state index contributed by atoms with van der Waals surface area (Å²) in [6, 6.07) is 0. The summed E-state index contributed by atoms with van der Waals surface area (Å²) in [5, 5.41) is 5.80. The number of ether oxygens (including phenoxy) is 1. The van der Waals surface area contributed by atoms with Crippen LogP contribution in [0.2, 0.25) is 0 Å². The molecule has 6 heteroatoms. The number of aromatic nitrogens is 2. The third kappa shape index (κ3) is 3.64. The van der Waals surface area contributed by atoms with E-state index in [0.717, 1.165) is 25.9 Å². The zero-order valence-corrected chi connectivity index (χ0v) is 11.4. The van der Waals surface area contributed by atoms with Crippen molar-refractivity contribution in [3.63, 3.8) is 0 Å². The van der Waals surface area contributed by atoms with Gasteiger partial charge >= 0.3 is 0 Å². The maximum Gasteiger partial charge on any atom is 0.271 e. The van der Waals surface area contributed by atoms with Gasteiger partial charge in [-0.3, -0.25) is 9.78 Å². The number of rotatable bonds is 7. The van der Waals surface area contributed by atoms with Crippen molar-refractivity contribution in [1.82, 2.24) is 15.3 Å². The third-order valence-corrected chi connectivity index (χ3v) is 3.54. The van der Waals surface area contributed by atoms with E-state index in [0.29, 0.717) is 18.1 Å². The summed E-state index contributed by atoms with van der Waals surface area (Å²) >= 11 is 0. The van der Waals surface area contributed by atoms with Crippen molar-refractivity contribution >= 4 is 11.7 Å². The number of carbonyl (C=O) groups is 1. The van der Waals surface area contributed by atoms with Gasteiger partial charge in [0.15, 0.2) is 0 Å². The molecule has 1 amide bonds. The highest BCUT2D eigenvalue weighted by atomic mass is 16.5. The first kappa shape index (κ1) is 13.7. The van der Waals surface area contributed by atoms with Crippen LogP contribution < -0.4 is 10.6 Å². The SMILES string of the molecule is CNc1cncc(C(=O)NCC2(CCOC)CC2)n1. The van der Waals surface area contributed by atoms with E-state index in [-0.39, 0.29) is 11.3 Å². The standard InChI is InChI=1S/C13H20N4O2/c1-14-11-8-15-7-10(17-11)12(18)16-9-13(3-4-13)5-6-19-2/h7-8H,3-6,9H2,1-2H3,(H,14,17)(H,16,18). The topological polar surface area (TPSA) is 76.1 Å². The molecule has 0 spiro atoms. The Balaban J connectivity index is 1.87. The highest BCUT2D eigenvalue weighted by Gasteiger charge is 2.42. The molecule has 1 heterocycles. The van der Waals surface area contributed by atoms with Gasteiger partial charge in [0, 0.05) is 27.3 Å². The first-order chi connectivity index (χ1) is 9.19. The number of hydrogen-bond acceptors (Lipinski definition) is 5. The maximum atomic E-state index is 12.0. The van der Waals surface area contributed by atoms with Crippen molar-refractivity contribution in [3.8, 4) is 0 Å². The highest BCUT2D eigenvalue weighted by Crippen LogP contribution is 2.48. The number of hydrogen-bond donors (Lipinski definition) is 2. The van der Waals surface area contributed by atoms with Gasteiger partial charge in [0.2, 0.25) is 0 Å². The van der Waals surface area contributed by atoms with Gasteiger partial charge in [0.1, 0.15) is 11.5 Å². The fourth-order valence-electron chi connectivity index (χ4n) is 1.96. The monoisotopic (exact) mass is 264 g/mol. The number of methoxy groups -OCH3 is 1. The third-order valence-electron chi connectivity index (χ3n) is 3.54. The van der Waals surface area contributed by atoms with Gasteiger partial charge in [0.25, 0.3) is 5.91 Å². The molecular formula is C13H20N4O2. The lowest BCUT2D eigenvalue weighted by Crippen LogP contribution is -2.31. The van der Waals surface area contributed by atoms with Gasteiger partial charge < -0.3 is 15.4 Å². The van der Waals surface area contributed by atoms with Crippen LogP contribution >= 0.6 is 0 Å². The Morgan fingerprint density at radius 3 is 2.89 bits per heavy atom. The molecule has 6 nitrogen and oxygen atoms in total. The second-order valence-corrected chi connectivity index (χ2v) is 4.97. The lowest BCUT2D eigenvalue weighted by Gasteiger charge is -2.15. The molecule has 1 aromatic heterocycles. The lowest BCUT2D eigenvalue weighted by atomic mass is 10.0. The number of anilines is 1. The predicted octanol–water partition coefficient (Wildman–Crippen LogP) is 1.06. The van der Waals surface area contributed by atoms with E-state index in [1.807, 2.05) is 0 Å². The second kappa shape index (κ2) is 5.97. The van der Waals surface area contributed by atoms with Gasteiger partial charge in [-0.15, -0.1) is 0 Å². The maximum absolute atomic E-state index is 12.0. The summed E-state index contributed by atoms with van der Waals surface area (Å²) < 4.78 is 5.10. The van der Waals surface area contributed by atoms with Crippen molar-refractivity contribution in [3.05, 3.63) is 18.1 Å². The van der Waals surface area contributed by atoms with Gasteiger partial charge in [-0.1, -0.05) is 0 Å². The molecule has 0 unspecified atom stereocenters. The van der Waals surface area contributed by atoms with E-state index in [1.54, 1.807) is 20.4 Å². The molecule has 1 aliphatic carbocycles. The molecule has 0 radical (unpaired) electrons. The summed E-state index contributed by atoms with van der Waals surface area (Å²) in [6.45, 7) is 1.42. The molecule has 0 saturated heterocycles. The van der Waals surface area contributed by atoms with Gasteiger partial charge in [-0.2, -0.15) is 0 Å². The predicted molar refractivity (Wildman–Crippen MR) is 72.1 cm³/mol. The van der Waals surface area contributed by atoms with E-state index < -0.39 is 0 Å². The lowest BCUT2D eigenvalue weighted by molar-refractivity contribution is 0.0932. The summed E-state index contributed by atoms with van der Waals surface area (Å²) in [4.78, 5) is 20.1. The smallest absolute Gasteiger partial charge is 0.271 e. The summed E-state index contributed by atoms with van der Waals surface area (Å²) in [5.74, 6) is 0.418. The molecule has 2 rings (SSSR count). The van der Waals surface area contributed by atoms with Crippen molar-refractivity contribution < 1.29 is 9.53 Å². The number of carbonyl (C=O) groups excluding carboxylic acids is 1. The van der Waals surface area contributed by atoms with Crippen molar-refractivity contribution in [1.29, 1.82) is 0 Å². The molecule has 0 atom stereocenters. The second-order valence-electron chi connectivity index (χ2n) is 4.97. The average Bonchev–Trinajstić information content (AvgIpc) is 3.23. The fraction of sp³-hybridized carbons (Fsp3) is 0.615. The number of nitrogens with zero attached hydrogens (tertiary/aromatic N) is 2. The van der Waals surface area contributed by atoms with Crippen molar-refractivity contribution in [2.45, 2.75) is 19.3 Å². The van der Waals surface area contributed by atoms with Gasteiger partial charge in [-0.05, 0) is 24.7 Å². The zero-order chi connectivity index (χ0) is 13.7. The molecule has 104 valence electrons. The number of amides is 1. The molecule has 0 bridgehead atoms. The Labute approximate surface area is 113 Å².